The Morgan fingerprint density at radius 1 is 1.09 bits per heavy atom. The zero-order valence-electron chi connectivity index (χ0n) is 13.5. The molecular formula is C20H23NO2. The van der Waals surface area contributed by atoms with Crippen LogP contribution in [0.15, 0.2) is 54.6 Å². The molecule has 1 saturated carbocycles. The van der Waals surface area contributed by atoms with Gasteiger partial charge in [0.05, 0.1) is 18.6 Å². The smallest absolute Gasteiger partial charge is 0.224 e. The lowest BCUT2D eigenvalue weighted by molar-refractivity contribution is -0.123. The van der Waals surface area contributed by atoms with Gasteiger partial charge in [-0.05, 0) is 42.4 Å². The number of aliphatic hydroxyl groups excluding tert-OH is 1. The number of amides is 1. The molecule has 23 heavy (non-hydrogen) atoms. The zero-order valence-corrected chi connectivity index (χ0v) is 13.5. The number of carbonyl (C=O) groups is 1. The van der Waals surface area contributed by atoms with Crippen molar-refractivity contribution in [3.05, 3.63) is 60.2 Å². The van der Waals surface area contributed by atoms with Crippen LogP contribution in [0.4, 0.5) is 0 Å². The van der Waals surface area contributed by atoms with Crippen molar-refractivity contribution in [2.24, 2.45) is 5.92 Å². The van der Waals surface area contributed by atoms with Crippen molar-refractivity contribution in [2.45, 2.75) is 31.7 Å². The monoisotopic (exact) mass is 309 g/mol. The summed E-state index contributed by atoms with van der Waals surface area (Å²) in [7, 11) is 0. The molecule has 1 aliphatic carbocycles. The number of hydrogen-bond donors (Lipinski definition) is 2. The van der Waals surface area contributed by atoms with E-state index in [2.05, 4.69) is 17.4 Å². The third-order valence-corrected chi connectivity index (χ3v) is 4.66. The Morgan fingerprint density at radius 3 is 2.26 bits per heavy atom. The summed E-state index contributed by atoms with van der Waals surface area (Å²) in [6.45, 7) is 1.93. The van der Waals surface area contributed by atoms with E-state index in [9.17, 15) is 9.90 Å². The molecule has 1 unspecified atom stereocenters. The van der Waals surface area contributed by atoms with Gasteiger partial charge in [-0.15, -0.1) is 0 Å². The molecule has 0 saturated heterocycles. The fourth-order valence-corrected chi connectivity index (χ4v) is 2.98. The first-order valence-corrected chi connectivity index (χ1v) is 8.17. The maximum absolute atomic E-state index is 12.3. The Bertz CT molecular complexity index is 662. The van der Waals surface area contributed by atoms with E-state index in [1.54, 1.807) is 0 Å². The van der Waals surface area contributed by atoms with Gasteiger partial charge in [0, 0.05) is 0 Å². The number of carbonyl (C=O) groups excluding carboxylic acids is 1. The van der Waals surface area contributed by atoms with Gasteiger partial charge in [0.15, 0.2) is 0 Å². The maximum Gasteiger partial charge on any atom is 0.224 e. The van der Waals surface area contributed by atoms with Gasteiger partial charge in [-0.3, -0.25) is 4.79 Å². The highest BCUT2D eigenvalue weighted by Crippen LogP contribution is 2.39. The normalized spacial score (nSPS) is 16.6. The summed E-state index contributed by atoms with van der Waals surface area (Å²) in [4.78, 5) is 12.3. The van der Waals surface area contributed by atoms with Crippen molar-refractivity contribution in [1.29, 1.82) is 0 Å². The minimum atomic E-state index is -0.471. The number of nitrogens with one attached hydrogen (secondary N) is 1. The van der Waals surface area contributed by atoms with Crippen molar-refractivity contribution in [3.8, 4) is 11.1 Å². The minimum Gasteiger partial charge on any atom is -0.394 e. The van der Waals surface area contributed by atoms with Crippen molar-refractivity contribution in [2.75, 3.05) is 6.61 Å². The molecule has 1 aliphatic rings. The quantitative estimate of drug-likeness (QED) is 0.861. The fraction of sp³-hybridized carbons (Fsp3) is 0.350. The Kier molecular flexibility index (Phi) is 4.49. The zero-order chi connectivity index (χ0) is 16.3. The van der Waals surface area contributed by atoms with Gasteiger partial charge in [0.2, 0.25) is 5.91 Å². The van der Waals surface area contributed by atoms with E-state index >= 15 is 0 Å². The molecule has 0 radical (unpaired) electrons. The summed E-state index contributed by atoms with van der Waals surface area (Å²) in [5.41, 5.74) is 2.83. The van der Waals surface area contributed by atoms with Crippen LogP contribution in [0.3, 0.4) is 0 Å². The summed E-state index contributed by atoms with van der Waals surface area (Å²) >= 11 is 0. The van der Waals surface area contributed by atoms with E-state index in [1.165, 1.54) is 5.56 Å². The Balaban J connectivity index is 1.63. The molecule has 3 heteroatoms. The van der Waals surface area contributed by atoms with Crippen LogP contribution < -0.4 is 5.32 Å². The maximum atomic E-state index is 12.3. The topological polar surface area (TPSA) is 49.3 Å². The van der Waals surface area contributed by atoms with E-state index in [0.29, 0.717) is 12.3 Å². The van der Waals surface area contributed by atoms with E-state index < -0.39 is 5.54 Å². The molecular weight excluding hydrogens is 286 g/mol. The van der Waals surface area contributed by atoms with Gasteiger partial charge in [0.25, 0.3) is 0 Å². The van der Waals surface area contributed by atoms with Crippen molar-refractivity contribution >= 4 is 5.91 Å². The molecule has 3 nitrogen and oxygen atoms in total. The van der Waals surface area contributed by atoms with Gasteiger partial charge in [-0.1, -0.05) is 54.6 Å². The molecule has 2 aromatic carbocycles. The fourth-order valence-electron chi connectivity index (χ4n) is 2.98. The summed E-state index contributed by atoms with van der Waals surface area (Å²) in [5.74, 6) is 0.387. The highest BCUT2D eigenvalue weighted by atomic mass is 16.3. The number of hydrogen-bond acceptors (Lipinski definition) is 2. The average molecular weight is 309 g/mol. The molecule has 0 heterocycles. The van der Waals surface area contributed by atoms with Crippen molar-refractivity contribution in [1.82, 2.24) is 5.32 Å². The summed E-state index contributed by atoms with van der Waals surface area (Å²) in [6.07, 6.45) is 2.52. The van der Waals surface area contributed by atoms with Crippen LogP contribution in [-0.4, -0.2) is 23.2 Å². The van der Waals surface area contributed by atoms with Gasteiger partial charge >= 0.3 is 0 Å². The van der Waals surface area contributed by atoms with Crippen LogP contribution in [0.25, 0.3) is 11.1 Å². The van der Waals surface area contributed by atoms with Crippen molar-refractivity contribution in [3.63, 3.8) is 0 Å². The van der Waals surface area contributed by atoms with Crippen LogP contribution in [-0.2, 0) is 11.2 Å². The van der Waals surface area contributed by atoms with Crippen LogP contribution >= 0.6 is 0 Å². The lowest BCUT2D eigenvalue weighted by Crippen LogP contribution is -2.51. The summed E-state index contributed by atoms with van der Waals surface area (Å²) < 4.78 is 0. The second kappa shape index (κ2) is 6.55. The first kappa shape index (κ1) is 15.8. The minimum absolute atomic E-state index is 0.00362. The van der Waals surface area contributed by atoms with Gasteiger partial charge < -0.3 is 10.4 Å². The lowest BCUT2D eigenvalue weighted by Gasteiger charge is -2.28. The number of aliphatic hydroxyl groups is 1. The molecule has 0 bridgehead atoms. The van der Waals surface area contributed by atoms with Crippen LogP contribution in [0, 0.1) is 5.92 Å². The molecule has 2 aromatic rings. The highest BCUT2D eigenvalue weighted by Gasteiger charge is 2.41. The van der Waals surface area contributed by atoms with Crippen molar-refractivity contribution < 1.29 is 9.90 Å². The average Bonchev–Trinajstić information content (AvgIpc) is 3.41. The second-order valence-electron chi connectivity index (χ2n) is 6.64. The summed E-state index contributed by atoms with van der Waals surface area (Å²) in [5, 5.41) is 12.6. The van der Waals surface area contributed by atoms with Gasteiger partial charge in [-0.25, -0.2) is 0 Å². The number of rotatable bonds is 6. The molecule has 2 N–H and O–H groups in total. The molecule has 0 aliphatic heterocycles. The Hall–Kier alpha value is -2.13. The standard InChI is InChI=1S/C20H23NO2/c1-20(14-22,18-11-12-18)21-19(23)13-15-7-9-17(10-8-15)16-5-3-2-4-6-16/h2-10,18,22H,11-14H2,1H3,(H,21,23). The molecule has 1 fully saturated rings. The van der Waals surface area contributed by atoms with E-state index in [-0.39, 0.29) is 12.5 Å². The largest absolute Gasteiger partial charge is 0.394 e. The molecule has 0 aromatic heterocycles. The first-order chi connectivity index (χ1) is 11.1. The lowest BCUT2D eigenvalue weighted by atomic mass is 9.96. The molecule has 120 valence electrons. The highest BCUT2D eigenvalue weighted by molar-refractivity contribution is 5.79. The molecule has 1 atom stereocenters. The predicted octanol–water partition coefficient (Wildman–Crippen LogP) is 3.17. The molecule has 3 rings (SSSR count). The first-order valence-electron chi connectivity index (χ1n) is 8.17. The van der Waals surface area contributed by atoms with E-state index in [0.717, 1.165) is 24.0 Å². The third kappa shape index (κ3) is 3.80. The predicted molar refractivity (Wildman–Crippen MR) is 91.9 cm³/mol. The Morgan fingerprint density at radius 2 is 1.70 bits per heavy atom. The van der Waals surface area contributed by atoms with Crippen LogP contribution in [0.5, 0.6) is 0 Å². The second-order valence-corrected chi connectivity index (χ2v) is 6.64. The third-order valence-electron chi connectivity index (χ3n) is 4.66. The molecule has 1 amide bonds. The molecule has 0 spiro atoms. The van der Waals surface area contributed by atoms with E-state index in [4.69, 9.17) is 0 Å². The SMILES string of the molecule is CC(CO)(NC(=O)Cc1ccc(-c2ccccc2)cc1)C1CC1. The summed E-state index contributed by atoms with van der Waals surface area (Å²) in [6, 6.07) is 18.3. The van der Waals surface area contributed by atoms with Gasteiger partial charge in [-0.2, -0.15) is 0 Å². The van der Waals surface area contributed by atoms with Crippen LogP contribution in [0.1, 0.15) is 25.3 Å². The van der Waals surface area contributed by atoms with Gasteiger partial charge in [0.1, 0.15) is 0 Å². The van der Waals surface area contributed by atoms with E-state index in [1.807, 2.05) is 49.4 Å². The van der Waals surface area contributed by atoms with Crippen LogP contribution in [0.2, 0.25) is 0 Å². The number of benzene rings is 2. The Labute approximate surface area is 137 Å².